The van der Waals surface area contributed by atoms with Crippen LogP contribution >= 0.6 is 0 Å². The summed E-state index contributed by atoms with van der Waals surface area (Å²) >= 11 is 0. The Labute approximate surface area is 162 Å². The molecule has 0 saturated carbocycles. The molecule has 144 valence electrons. The highest BCUT2D eigenvalue weighted by Crippen LogP contribution is 2.29. The monoisotopic (exact) mass is 380 g/mol. The maximum Gasteiger partial charge on any atom is 0.335 e. The zero-order chi connectivity index (χ0) is 20.3. The van der Waals surface area contributed by atoms with Crippen LogP contribution in [0, 0.1) is 0 Å². The van der Waals surface area contributed by atoms with Crippen LogP contribution in [0.3, 0.4) is 0 Å². The zero-order valence-electron chi connectivity index (χ0n) is 15.6. The van der Waals surface area contributed by atoms with Crippen LogP contribution in [-0.4, -0.2) is 29.6 Å². The van der Waals surface area contributed by atoms with Crippen LogP contribution in [0.5, 0.6) is 11.5 Å². The van der Waals surface area contributed by atoms with E-state index in [0.717, 1.165) is 16.9 Å². The summed E-state index contributed by atoms with van der Waals surface area (Å²) in [5.74, 6) is -1.30. The predicted molar refractivity (Wildman–Crippen MR) is 104 cm³/mol. The van der Waals surface area contributed by atoms with E-state index in [0.29, 0.717) is 17.9 Å². The van der Waals surface area contributed by atoms with Crippen molar-refractivity contribution in [2.45, 2.75) is 20.3 Å². The van der Waals surface area contributed by atoms with E-state index in [9.17, 15) is 19.5 Å². The summed E-state index contributed by atoms with van der Waals surface area (Å²) in [4.78, 5) is 38.3. The second kappa shape index (κ2) is 7.96. The molecule has 1 aliphatic heterocycles. The summed E-state index contributed by atoms with van der Waals surface area (Å²) in [5, 5.41) is 12.0. The number of amides is 4. The van der Waals surface area contributed by atoms with Gasteiger partial charge in [-0.3, -0.25) is 14.9 Å². The van der Waals surface area contributed by atoms with Crippen molar-refractivity contribution in [1.82, 2.24) is 5.32 Å². The number of nitrogens with one attached hydrogen (secondary N) is 1. The van der Waals surface area contributed by atoms with Crippen molar-refractivity contribution >= 4 is 29.6 Å². The number of phenols is 1. The van der Waals surface area contributed by atoms with Gasteiger partial charge in [0.25, 0.3) is 11.8 Å². The molecule has 0 unspecified atom stereocenters. The number of anilines is 1. The maximum atomic E-state index is 12.9. The first-order valence-corrected chi connectivity index (χ1v) is 8.90. The Morgan fingerprint density at radius 2 is 1.79 bits per heavy atom. The lowest BCUT2D eigenvalue weighted by atomic mass is 10.1. The number of aryl methyl sites for hydroxylation is 1. The number of rotatable bonds is 5. The van der Waals surface area contributed by atoms with Crippen LogP contribution < -0.4 is 15.0 Å². The largest absolute Gasteiger partial charge is 0.504 e. The molecular weight excluding hydrogens is 360 g/mol. The second-order valence-corrected chi connectivity index (χ2v) is 6.14. The van der Waals surface area contributed by atoms with Crippen molar-refractivity contribution in [2.24, 2.45) is 0 Å². The van der Waals surface area contributed by atoms with Crippen molar-refractivity contribution in [1.29, 1.82) is 0 Å². The van der Waals surface area contributed by atoms with Crippen molar-refractivity contribution in [3.8, 4) is 11.5 Å². The summed E-state index contributed by atoms with van der Waals surface area (Å²) in [6.45, 7) is 4.13. The van der Waals surface area contributed by atoms with Gasteiger partial charge in [0.1, 0.15) is 5.57 Å². The smallest absolute Gasteiger partial charge is 0.335 e. The van der Waals surface area contributed by atoms with Crippen LogP contribution in [0.25, 0.3) is 6.08 Å². The number of imide groups is 2. The van der Waals surface area contributed by atoms with Gasteiger partial charge in [-0.1, -0.05) is 25.1 Å². The third-order valence-electron chi connectivity index (χ3n) is 4.30. The van der Waals surface area contributed by atoms with E-state index in [1.165, 1.54) is 18.2 Å². The van der Waals surface area contributed by atoms with E-state index < -0.39 is 17.8 Å². The minimum Gasteiger partial charge on any atom is -0.504 e. The van der Waals surface area contributed by atoms with Crippen LogP contribution in [-0.2, 0) is 16.0 Å². The third-order valence-corrected chi connectivity index (χ3v) is 4.30. The van der Waals surface area contributed by atoms with E-state index in [1.54, 1.807) is 25.1 Å². The molecule has 0 atom stereocenters. The molecule has 2 aromatic carbocycles. The van der Waals surface area contributed by atoms with Crippen LogP contribution in [0.4, 0.5) is 10.5 Å². The van der Waals surface area contributed by atoms with Crippen molar-refractivity contribution in [3.63, 3.8) is 0 Å². The first-order valence-electron chi connectivity index (χ1n) is 8.90. The quantitative estimate of drug-likeness (QED) is 0.614. The number of ether oxygens (including phenoxy) is 1. The molecule has 1 heterocycles. The average Bonchev–Trinajstić information content (AvgIpc) is 2.68. The van der Waals surface area contributed by atoms with Gasteiger partial charge in [0.05, 0.1) is 12.3 Å². The normalized spacial score (nSPS) is 15.7. The predicted octanol–water partition coefficient (Wildman–Crippen LogP) is 3.02. The number of urea groups is 1. The summed E-state index contributed by atoms with van der Waals surface area (Å²) < 4.78 is 5.32. The summed E-state index contributed by atoms with van der Waals surface area (Å²) in [7, 11) is 0. The molecule has 7 heteroatoms. The number of hydrogen-bond acceptors (Lipinski definition) is 5. The summed E-state index contributed by atoms with van der Waals surface area (Å²) in [6, 6.07) is 10.7. The zero-order valence-corrected chi connectivity index (χ0v) is 15.6. The van der Waals surface area contributed by atoms with E-state index in [1.807, 2.05) is 19.1 Å². The van der Waals surface area contributed by atoms with Crippen molar-refractivity contribution < 1.29 is 24.2 Å². The van der Waals surface area contributed by atoms with Crippen molar-refractivity contribution in [2.75, 3.05) is 11.5 Å². The Hall–Kier alpha value is -3.61. The molecule has 1 saturated heterocycles. The minimum absolute atomic E-state index is 0.0451. The SMILES string of the molecule is CCOc1cc(/C=C2/C(=O)NC(=O)N(c3ccc(CC)cc3)C2=O)ccc1O. The fourth-order valence-electron chi connectivity index (χ4n) is 2.83. The van der Waals surface area contributed by atoms with Gasteiger partial charge >= 0.3 is 6.03 Å². The Balaban J connectivity index is 1.97. The van der Waals surface area contributed by atoms with Crippen LogP contribution in [0.15, 0.2) is 48.0 Å². The first-order chi connectivity index (χ1) is 13.4. The van der Waals surface area contributed by atoms with Crippen LogP contribution in [0.2, 0.25) is 0 Å². The van der Waals surface area contributed by atoms with Gasteiger partial charge in [0, 0.05) is 0 Å². The molecule has 2 N–H and O–H groups in total. The molecule has 0 bridgehead atoms. The summed E-state index contributed by atoms with van der Waals surface area (Å²) in [5.41, 5.74) is 1.73. The van der Waals surface area contributed by atoms with E-state index >= 15 is 0 Å². The van der Waals surface area contributed by atoms with Crippen LogP contribution in [0.1, 0.15) is 25.0 Å². The molecule has 0 radical (unpaired) electrons. The lowest BCUT2D eigenvalue weighted by molar-refractivity contribution is -0.122. The number of aromatic hydroxyl groups is 1. The summed E-state index contributed by atoms with van der Waals surface area (Å²) in [6.07, 6.45) is 2.19. The molecule has 2 aromatic rings. The third kappa shape index (κ3) is 3.73. The van der Waals surface area contributed by atoms with Crippen molar-refractivity contribution in [3.05, 3.63) is 59.2 Å². The topological polar surface area (TPSA) is 95.9 Å². The van der Waals surface area contributed by atoms with Gasteiger partial charge in [0.15, 0.2) is 11.5 Å². The Morgan fingerprint density at radius 1 is 1.07 bits per heavy atom. The Morgan fingerprint density at radius 3 is 2.43 bits per heavy atom. The fraction of sp³-hybridized carbons (Fsp3) is 0.190. The van der Waals surface area contributed by atoms with Gasteiger partial charge in [-0.05, 0) is 54.8 Å². The first kappa shape index (κ1) is 19.2. The van der Waals surface area contributed by atoms with Gasteiger partial charge in [-0.2, -0.15) is 0 Å². The second-order valence-electron chi connectivity index (χ2n) is 6.14. The highest BCUT2D eigenvalue weighted by atomic mass is 16.5. The molecule has 28 heavy (non-hydrogen) atoms. The standard InChI is InChI=1S/C21H20N2O5/c1-3-13-5-8-15(9-6-13)23-20(26)16(19(25)22-21(23)27)11-14-7-10-17(24)18(12-14)28-4-2/h5-12,24H,3-4H2,1-2H3,(H,22,25,27)/b16-11-. The molecule has 3 rings (SSSR count). The lowest BCUT2D eigenvalue weighted by Gasteiger charge is -2.26. The van der Waals surface area contributed by atoms with E-state index in [4.69, 9.17) is 4.74 Å². The number of nitrogens with zero attached hydrogens (tertiary/aromatic N) is 1. The van der Waals surface area contributed by atoms with Gasteiger partial charge < -0.3 is 9.84 Å². The molecule has 1 fully saturated rings. The van der Waals surface area contributed by atoms with Gasteiger partial charge in [-0.25, -0.2) is 9.69 Å². The number of hydrogen-bond donors (Lipinski definition) is 2. The molecular formula is C21H20N2O5. The highest BCUT2D eigenvalue weighted by molar-refractivity contribution is 6.39. The minimum atomic E-state index is -0.794. The molecule has 0 aliphatic carbocycles. The molecule has 1 aliphatic rings. The van der Waals surface area contributed by atoms with Gasteiger partial charge in [0.2, 0.25) is 0 Å². The number of benzene rings is 2. The Bertz CT molecular complexity index is 963. The number of carbonyl (C=O) groups is 3. The number of phenolic OH excluding ortho intramolecular Hbond substituents is 1. The molecule has 7 nitrogen and oxygen atoms in total. The van der Waals surface area contributed by atoms with E-state index in [-0.39, 0.29) is 17.1 Å². The highest BCUT2D eigenvalue weighted by Gasteiger charge is 2.36. The van der Waals surface area contributed by atoms with Gasteiger partial charge in [-0.15, -0.1) is 0 Å². The fourth-order valence-corrected chi connectivity index (χ4v) is 2.83. The molecule has 4 amide bonds. The average molecular weight is 380 g/mol. The molecule has 0 spiro atoms. The van der Waals surface area contributed by atoms with E-state index in [2.05, 4.69) is 5.32 Å². The maximum absolute atomic E-state index is 12.9. The molecule has 0 aromatic heterocycles. The number of barbiturate groups is 1. The number of carbonyl (C=O) groups excluding carboxylic acids is 3. The Kier molecular flexibility index (Phi) is 5.44. The lowest BCUT2D eigenvalue weighted by Crippen LogP contribution is -2.54.